The van der Waals surface area contributed by atoms with E-state index in [-0.39, 0.29) is 45.9 Å². The van der Waals surface area contributed by atoms with Crippen LogP contribution in [0.1, 0.15) is 186 Å². The fourth-order valence-electron chi connectivity index (χ4n) is 10.4. The van der Waals surface area contributed by atoms with Crippen LogP contribution in [-0.4, -0.2) is 63.4 Å². The van der Waals surface area contributed by atoms with Crippen molar-refractivity contribution in [2.75, 3.05) is 0 Å². The van der Waals surface area contributed by atoms with Crippen molar-refractivity contribution in [2.24, 2.45) is 11.8 Å². The van der Waals surface area contributed by atoms with Crippen LogP contribution in [-0.2, 0) is 9.59 Å². The molecule has 0 fully saturated rings. The Bertz CT molecular complexity index is 4380. The zero-order valence-electron chi connectivity index (χ0n) is 65.2. The van der Waals surface area contributed by atoms with Crippen molar-refractivity contribution in [2.45, 2.75) is 213 Å². The molecule has 9 unspecified atom stereocenters. The molecule has 0 saturated heterocycles. The summed E-state index contributed by atoms with van der Waals surface area (Å²) >= 11 is 8.25. The van der Waals surface area contributed by atoms with Gasteiger partial charge in [0, 0.05) is 101 Å². The SMILES string of the molecule is CC1=C(C)N(P)C(=O)C(c2csc(C)n2)C1C.CC1=C(C)N(P)C(=O)CC1C.Cc1c(C)c(C)n(P)c(=O)c1C.Cc1c(C)c(C)n(P)c(=O)c1C.Cc1c(C)c(C)n(P)c(=O)c1C.Cc1csc(C)n1.Cc1csc(C)n1.Cc1csc(C)n1.Cc1nc(-c2c(C)c(C)c(C)n(P)c2=O)cs1. The van der Waals surface area contributed by atoms with E-state index in [0.717, 1.165) is 132 Å². The summed E-state index contributed by atoms with van der Waals surface area (Å²) in [6.45, 7) is 57.8. The Morgan fingerprint density at radius 3 is 0.941 bits per heavy atom. The summed E-state index contributed by atoms with van der Waals surface area (Å²) in [4.78, 5) is 91.6. The molecular formula is C74H109N11O6P6S5. The number of rotatable bonds is 2. The third-order valence-electron chi connectivity index (χ3n) is 19.1. The first kappa shape index (κ1) is 91.2. The van der Waals surface area contributed by atoms with Gasteiger partial charge in [-0.05, 0) is 305 Å². The quantitative estimate of drug-likeness (QED) is 0.150. The highest BCUT2D eigenvalue weighted by Gasteiger charge is 2.37. The molecule has 11 rings (SSSR count). The van der Waals surface area contributed by atoms with Gasteiger partial charge in [0.15, 0.2) is 0 Å². The first-order valence-corrected chi connectivity index (χ1v) is 40.5. The molecule has 9 atom stereocenters. The van der Waals surface area contributed by atoms with Gasteiger partial charge >= 0.3 is 0 Å². The van der Waals surface area contributed by atoms with E-state index >= 15 is 0 Å². The molecular weight excluding hydrogens is 1490 g/mol. The summed E-state index contributed by atoms with van der Waals surface area (Å²) in [6.07, 6.45) is 0.646. The predicted octanol–water partition coefficient (Wildman–Crippen LogP) is 18.3. The lowest BCUT2D eigenvalue weighted by Gasteiger charge is -2.35. The molecule has 102 heavy (non-hydrogen) atoms. The number of carbonyl (C=O) groups excluding carboxylic acids is 2. The van der Waals surface area contributed by atoms with Crippen molar-refractivity contribution in [3.63, 3.8) is 0 Å². The molecule has 0 saturated carbocycles. The summed E-state index contributed by atoms with van der Waals surface area (Å²) in [5, 5.41) is 15.5. The fourth-order valence-corrected chi connectivity index (χ4v) is 15.6. The summed E-state index contributed by atoms with van der Waals surface area (Å²) in [5.41, 5.74) is 26.4. The number of hydrogen-bond donors (Lipinski definition) is 0. The zero-order valence-corrected chi connectivity index (χ0v) is 76.2. The molecule has 9 aromatic heterocycles. The first-order chi connectivity index (χ1) is 47.2. The molecule has 2 aliphatic heterocycles. The van der Waals surface area contributed by atoms with Crippen molar-refractivity contribution in [1.29, 1.82) is 0 Å². The number of nitrogens with zero attached hydrogens (tertiary/aromatic N) is 11. The summed E-state index contributed by atoms with van der Waals surface area (Å²) in [7, 11) is 14.8. The molecule has 28 heteroatoms. The maximum atomic E-state index is 12.3. The minimum Gasteiger partial charge on any atom is -0.301 e. The Balaban J connectivity index is 0.000000303. The van der Waals surface area contributed by atoms with Crippen molar-refractivity contribution in [1.82, 2.24) is 51.6 Å². The summed E-state index contributed by atoms with van der Waals surface area (Å²) in [5.74, 6) is 0.822. The van der Waals surface area contributed by atoms with Gasteiger partial charge in [0.1, 0.15) is 0 Å². The average molecular weight is 1590 g/mol. The van der Waals surface area contributed by atoms with E-state index < -0.39 is 0 Å². The Morgan fingerprint density at radius 1 is 0.343 bits per heavy atom. The predicted molar refractivity (Wildman–Crippen MR) is 457 cm³/mol. The van der Waals surface area contributed by atoms with E-state index in [2.05, 4.69) is 125 Å². The van der Waals surface area contributed by atoms with Gasteiger partial charge in [-0.15, -0.1) is 56.7 Å². The van der Waals surface area contributed by atoms with Crippen molar-refractivity contribution >= 4 is 125 Å². The number of hydrogen-bond acceptors (Lipinski definition) is 16. The van der Waals surface area contributed by atoms with Crippen molar-refractivity contribution in [3.8, 4) is 11.3 Å². The van der Waals surface area contributed by atoms with Crippen LogP contribution in [0.4, 0.5) is 0 Å². The van der Waals surface area contributed by atoms with Crippen molar-refractivity contribution in [3.05, 3.63) is 223 Å². The van der Waals surface area contributed by atoms with E-state index in [9.17, 15) is 28.8 Å². The van der Waals surface area contributed by atoms with Crippen LogP contribution in [0.3, 0.4) is 0 Å². The molecule has 556 valence electrons. The lowest BCUT2D eigenvalue weighted by molar-refractivity contribution is -0.128. The van der Waals surface area contributed by atoms with Crippen LogP contribution < -0.4 is 22.2 Å². The third kappa shape index (κ3) is 23.7. The van der Waals surface area contributed by atoms with Crippen LogP contribution in [0.5, 0.6) is 0 Å². The van der Waals surface area contributed by atoms with Crippen LogP contribution >= 0.6 is 113 Å². The molecule has 11 heterocycles. The fraction of sp³-hybridized carbons (Fsp3) is 0.446. The molecule has 2 aliphatic rings. The van der Waals surface area contributed by atoms with Gasteiger partial charge in [-0.3, -0.25) is 46.1 Å². The van der Waals surface area contributed by atoms with Gasteiger partial charge in [0.25, 0.3) is 22.2 Å². The standard InChI is InChI=1S/C12H17N2OPS.C12H15N2OPS.3C9H14NOP.C8H14NOP.3C5H7NS/c2*1-6-7(2)11(10-5-17-9(4)13-10)12(15)14(16)8(6)3;3*1-5-6(2)8(4)10(12)9(11)7(5)3;1-5-4-8(10)9(11)7(3)6(5)2;3*1-4-3-7-5(2)6-4/h5,7,11H,16H2,1-4H3;5H,16H2,1-4H3;3*12H2,1-4H3;5H,4,11H2,1-3H3;3*3H,1-2H3. The van der Waals surface area contributed by atoms with E-state index in [0.29, 0.717) is 17.9 Å². The molecule has 0 spiro atoms. The molecule has 0 aromatic carbocycles. The minimum absolute atomic E-state index is 0.000833. The lowest BCUT2D eigenvalue weighted by Crippen LogP contribution is -2.36. The first-order valence-electron chi connectivity index (χ1n) is 33.0. The molecule has 9 aromatic rings. The Labute approximate surface area is 640 Å². The normalized spacial score (nSPS) is 14.6. The Morgan fingerprint density at radius 2 is 0.647 bits per heavy atom. The van der Waals surface area contributed by atoms with Crippen LogP contribution in [0.15, 0.2) is 68.6 Å². The average Bonchev–Trinajstić information content (AvgIpc) is 1.40. The van der Waals surface area contributed by atoms with Gasteiger partial charge in [0.05, 0.1) is 47.9 Å². The number of thiazole rings is 5. The Kier molecular flexibility index (Phi) is 36.3. The Hall–Kier alpha value is -5.05. The van der Waals surface area contributed by atoms with Gasteiger partial charge in [-0.25, -0.2) is 24.9 Å². The van der Waals surface area contributed by atoms with Crippen LogP contribution in [0.2, 0.25) is 0 Å². The van der Waals surface area contributed by atoms with E-state index in [4.69, 9.17) is 0 Å². The molecule has 2 amide bonds. The van der Waals surface area contributed by atoms with E-state index in [1.54, 1.807) is 83.4 Å². The number of allylic oxidation sites excluding steroid dienone is 4. The molecule has 0 N–H and O–H groups in total. The summed E-state index contributed by atoms with van der Waals surface area (Å²) in [6, 6.07) is 0. The van der Waals surface area contributed by atoms with Gasteiger partial charge in [-0.1, -0.05) is 19.4 Å². The number of aryl methyl sites for hydroxylation is 8. The van der Waals surface area contributed by atoms with Crippen LogP contribution in [0, 0.1) is 171 Å². The van der Waals surface area contributed by atoms with Crippen molar-refractivity contribution < 1.29 is 9.59 Å². The second-order valence-electron chi connectivity index (χ2n) is 25.7. The number of pyridine rings is 4. The second-order valence-corrected chi connectivity index (χ2v) is 34.1. The number of carbonyl (C=O) groups is 2. The molecule has 0 radical (unpaired) electrons. The van der Waals surface area contributed by atoms with Gasteiger partial charge < -0.3 is 9.34 Å². The number of amides is 2. The topological polar surface area (TPSA) is 193 Å². The van der Waals surface area contributed by atoms with Gasteiger partial charge in [-0.2, -0.15) is 0 Å². The van der Waals surface area contributed by atoms with Gasteiger partial charge in [0.2, 0.25) is 11.8 Å². The third-order valence-corrected chi connectivity index (χ3v) is 27.1. The highest BCUT2D eigenvalue weighted by Crippen LogP contribution is 2.40. The maximum absolute atomic E-state index is 12.3. The minimum atomic E-state index is -0.138. The zero-order chi connectivity index (χ0) is 78.3. The highest BCUT2D eigenvalue weighted by atomic mass is 32.1. The molecule has 0 aliphatic carbocycles. The molecule has 17 nitrogen and oxygen atoms in total. The van der Waals surface area contributed by atoms with E-state index in [1.807, 2.05) is 184 Å². The van der Waals surface area contributed by atoms with E-state index in [1.165, 1.54) is 27.8 Å². The molecule has 0 bridgehead atoms. The summed E-state index contributed by atoms with van der Waals surface area (Å²) < 4.78 is 9.82. The maximum Gasteiger partial charge on any atom is 0.263 e. The number of aromatic nitrogens is 9. The smallest absolute Gasteiger partial charge is 0.263 e. The monoisotopic (exact) mass is 1590 g/mol. The van der Waals surface area contributed by atoms with Crippen LogP contribution in [0.25, 0.3) is 11.3 Å². The highest BCUT2D eigenvalue weighted by molar-refractivity contribution is 7.16. The lowest BCUT2D eigenvalue weighted by atomic mass is 9.82. The second kappa shape index (κ2) is 40.6. The largest absolute Gasteiger partial charge is 0.301 e.